The molecule has 6 heteroatoms. The first-order valence-corrected chi connectivity index (χ1v) is 10.6. The molecular weight excluding hydrogens is 378 g/mol. The fraction of sp³-hybridized carbons (Fsp3) is 0.429. The molecule has 0 saturated heterocycles. The number of aromatic nitrogens is 1. The largest absolute Gasteiger partial charge is 0.509 e. The molecular formula is C21H26ClN3OS. The SMILES string of the molecule is CCCCN(CCCC)C/C(O)=C(\C#N)c1nc(-c2ccc(Cl)cc2)cs1. The first kappa shape index (κ1) is 21.4. The van der Waals surface area contributed by atoms with Crippen molar-refractivity contribution in [1.82, 2.24) is 9.88 Å². The summed E-state index contributed by atoms with van der Waals surface area (Å²) in [7, 11) is 0. The molecule has 1 aromatic carbocycles. The van der Waals surface area contributed by atoms with Crippen molar-refractivity contribution >= 4 is 28.5 Å². The number of allylic oxidation sites excluding steroid dienone is 1. The number of unbranched alkanes of at least 4 members (excludes halogenated alkanes) is 2. The topological polar surface area (TPSA) is 60.1 Å². The molecule has 0 amide bonds. The van der Waals surface area contributed by atoms with Gasteiger partial charge < -0.3 is 5.11 Å². The summed E-state index contributed by atoms with van der Waals surface area (Å²) in [5.41, 5.74) is 1.98. The van der Waals surface area contributed by atoms with Crippen molar-refractivity contribution in [3.05, 3.63) is 45.4 Å². The molecule has 0 fully saturated rings. The van der Waals surface area contributed by atoms with Crippen molar-refractivity contribution in [2.45, 2.75) is 39.5 Å². The maximum atomic E-state index is 10.6. The van der Waals surface area contributed by atoms with Crippen molar-refractivity contribution in [2.75, 3.05) is 19.6 Å². The summed E-state index contributed by atoms with van der Waals surface area (Å²) in [5, 5.41) is 23.3. The minimum absolute atomic E-state index is 0.0988. The Morgan fingerprint density at radius 2 is 1.81 bits per heavy atom. The molecule has 0 radical (unpaired) electrons. The zero-order valence-electron chi connectivity index (χ0n) is 15.9. The fourth-order valence-electron chi connectivity index (χ4n) is 2.70. The van der Waals surface area contributed by atoms with Crippen molar-refractivity contribution in [2.24, 2.45) is 0 Å². The molecule has 0 bridgehead atoms. The van der Waals surface area contributed by atoms with Gasteiger partial charge in [-0.2, -0.15) is 5.26 Å². The number of nitriles is 1. The van der Waals surface area contributed by atoms with Crippen LogP contribution in [0, 0.1) is 11.3 Å². The summed E-state index contributed by atoms with van der Waals surface area (Å²) in [5.74, 6) is 0.0988. The Balaban J connectivity index is 2.20. The van der Waals surface area contributed by atoms with E-state index in [9.17, 15) is 10.4 Å². The van der Waals surface area contributed by atoms with Crippen LogP contribution in [0.25, 0.3) is 16.8 Å². The standard InChI is InChI=1S/C21H26ClN3OS/c1-3-5-11-25(12-6-4-2)14-20(26)18(13-23)21-24-19(15-27-21)16-7-9-17(22)10-8-16/h7-10,15,26H,3-6,11-12,14H2,1-2H3/b20-18-. The van der Waals surface area contributed by atoms with Crippen LogP contribution in [-0.4, -0.2) is 34.6 Å². The van der Waals surface area contributed by atoms with E-state index in [1.165, 1.54) is 11.3 Å². The van der Waals surface area contributed by atoms with Crippen molar-refractivity contribution in [3.8, 4) is 17.3 Å². The van der Waals surface area contributed by atoms with Crippen LogP contribution in [0.2, 0.25) is 5.02 Å². The van der Waals surface area contributed by atoms with Gasteiger partial charge in [-0.05, 0) is 38.1 Å². The molecule has 1 aromatic heterocycles. The molecule has 0 aliphatic heterocycles. The molecule has 0 aliphatic carbocycles. The van der Waals surface area contributed by atoms with E-state index in [1.807, 2.05) is 29.6 Å². The zero-order chi connectivity index (χ0) is 19.6. The van der Waals surface area contributed by atoms with E-state index in [0.29, 0.717) is 16.6 Å². The highest BCUT2D eigenvalue weighted by molar-refractivity contribution is 7.11. The van der Waals surface area contributed by atoms with Crippen LogP contribution in [0.1, 0.15) is 44.5 Å². The maximum Gasteiger partial charge on any atom is 0.138 e. The molecule has 2 rings (SSSR count). The molecule has 1 N–H and O–H groups in total. The number of hydrogen-bond acceptors (Lipinski definition) is 5. The number of hydrogen-bond donors (Lipinski definition) is 1. The highest BCUT2D eigenvalue weighted by Crippen LogP contribution is 2.28. The molecule has 144 valence electrons. The Bertz CT molecular complexity index is 785. The predicted molar refractivity (Wildman–Crippen MR) is 114 cm³/mol. The molecule has 0 spiro atoms. The third kappa shape index (κ3) is 6.35. The summed E-state index contributed by atoms with van der Waals surface area (Å²) in [6.45, 7) is 6.55. The molecule has 4 nitrogen and oxygen atoms in total. The zero-order valence-corrected chi connectivity index (χ0v) is 17.5. The highest BCUT2D eigenvalue weighted by Gasteiger charge is 2.16. The van der Waals surface area contributed by atoms with Crippen LogP contribution in [0.3, 0.4) is 0 Å². The van der Waals surface area contributed by atoms with Gasteiger partial charge in [-0.1, -0.05) is 50.4 Å². The lowest BCUT2D eigenvalue weighted by molar-refractivity contribution is 0.244. The summed E-state index contributed by atoms with van der Waals surface area (Å²) in [4.78, 5) is 6.77. The van der Waals surface area contributed by atoms with E-state index < -0.39 is 0 Å². The Hall–Kier alpha value is -1.87. The third-order valence-electron chi connectivity index (χ3n) is 4.29. The van der Waals surface area contributed by atoms with Gasteiger partial charge >= 0.3 is 0 Å². The van der Waals surface area contributed by atoms with E-state index in [1.54, 1.807) is 0 Å². The van der Waals surface area contributed by atoms with E-state index in [4.69, 9.17) is 11.6 Å². The highest BCUT2D eigenvalue weighted by atomic mass is 35.5. The minimum atomic E-state index is 0.0988. The quantitative estimate of drug-likeness (QED) is 0.381. The molecule has 2 aromatic rings. The summed E-state index contributed by atoms with van der Waals surface area (Å²) < 4.78 is 0. The molecule has 27 heavy (non-hydrogen) atoms. The van der Waals surface area contributed by atoms with Crippen molar-refractivity contribution in [1.29, 1.82) is 5.26 Å². The van der Waals surface area contributed by atoms with Crippen LogP contribution in [0.5, 0.6) is 0 Å². The number of rotatable bonds is 10. The van der Waals surface area contributed by atoms with Crippen LogP contribution >= 0.6 is 22.9 Å². The average molecular weight is 404 g/mol. The maximum absolute atomic E-state index is 10.6. The van der Waals surface area contributed by atoms with E-state index in [0.717, 1.165) is 50.0 Å². The van der Waals surface area contributed by atoms with E-state index in [-0.39, 0.29) is 11.3 Å². The van der Waals surface area contributed by atoms with Crippen molar-refractivity contribution < 1.29 is 5.11 Å². The lowest BCUT2D eigenvalue weighted by Gasteiger charge is -2.21. The molecule has 1 heterocycles. The van der Waals surface area contributed by atoms with Gasteiger partial charge in [0.25, 0.3) is 0 Å². The van der Waals surface area contributed by atoms with Crippen LogP contribution in [0.15, 0.2) is 35.4 Å². The fourth-order valence-corrected chi connectivity index (χ4v) is 3.67. The van der Waals surface area contributed by atoms with Gasteiger partial charge in [0.1, 0.15) is 22.4 Å². The molecule has 0 aliphatic rings. The van der Waals surface area contributed by atoms with Gasteiger partial charge in [-0.25, -0.2) is 4.98 Å². The third-order valence-corrected chi connectivity index (χ3v) is 5.40. The first-order chi connectivity index (χ1) is 13.1. The lowest BCUT2D eigenvalue weighted by atomic mass is 10.2. The molecule has 0 unspecified atom stereocenters. The smallest absolute Gasteiger partial charge is 0.138 e. The van der Waals surface area contributed by atoms with Gasteiger partial charge in [-0.3, -0.25) is 4.90 Å². The predicted octanol–water partition coefficient (Wildman–Crippen LogP) is 6.16. The van der Waals surface area contributed by atoms with Gasteiger partial charge in [0.05, 0.1) is 12.2 Å². The summed E-state index contributed by atoms with van der Waals surface area (Å²) >= 11 is 7.30. The number of nitrogens with zero attached hydrogens (tertiary/aromatic N) is 3. The minimum Gasteiger partial charge on any atom is -0.509 e. The number of benzene rings is 1. The Kier molecular flexibility index (Phi) is 8.80. The van der Waals surface area contributed by atoms with Crippen LogP contribution < -0.4 is 0 Å². The Morgan fingerprint density at radius 1 is 1.19 bits per heavy atom. The number of aliphatic hydroxyl groups excluding tert-OH is 1. The summed E-state index contributed by atoms with van der Waals surface area (Å²) in [6, 6.07) is 9.56. The summed E-state index contributed by atoms with van der Waals surface area (Å²) in [6.07, 6.45) is 4.37. The average Bonchev–Trinajstić information content (AvgIpc) is 3.14. The monoisotopic (exact) mass is 403 g/mol. The van der Waals surface area contributed by atoms with Crippen LogP contribution in [0.4, 0.5) is 0 Å². The van der Waals surface area contributed by atoms with Gasteiger partial charge in [0.2, 0.25) is 0 Å². The molecule has 0 atom stereocenters. The van der Waals surface area contributed by atoms with Crippen molar-refractivity contribution in [3.63, 3.8) is 0 Å². The molecule has 0 saturated carbocycles. The number of aliphatic hydroxyl groups is 1. The van der Waals surface area contributed by atoms with Gasteiger partial charge in [0, 0.05) is 16.0 Å². The second-order valence-electron chi connectivity index (χ2n) is 6.46. The lowest BCUT2D eigenvalue weighted by Crippen LogP contribution is -2.28. The number of halogens is 1. The number of thiazole rings is 1. The Labute approximate surface area is 170 Å². The second kappa shape index (κ2) is 11.1. The normalized spacial score (nSPS) is 12.1. The van der Waals surface area contributed by atoms with E-state index >= 15 is 0 Å². The van der Waals surface area contributed by atoms with Gasteiger partial charge in [-0.15, -0.1) is 11.3 Å². The Morgan fingerprint density at radius 3 is 2.37 bits per heavy atom. The van der Waals surface area contributed by atoms with Crippen LogP contribution in [-0.2, 0) is 0 Å². The van der Waals surface area contributed by atoms with Gasteiger partial charge in [0.15, 0.2) is 0 Å². The van der Waals surface area contributed by atoms with E-state index in [2.05, 4.69) is 29.8 Å². The second-order valence-corrected chi connectivity index (χ2v) is 7.76. The first-order valence-electron chi connectivity index (χ1n) is 9.35.